The van der Waals surface area contributed by atoms with Gasteiger partial charge < -0.3 is 19.7 Å². The van der Waals surface area contributed by atoms with E-state index in [-0.39, 0.29) is 12.4 Å². The summed E-state index contributed by atoms with van der Waals surface area (Å²) in [6, 6.07) is 4.76. The number of rotatable bonds is 4. The van der Waals surface area contributed by atoms with E-state index in [0.717, 1.165) is 6.54 Å². The minimum atomic E-state index is -1.32. The molecule has 0 aliphatic carbocycles. The second kappa shape index (κ2) is 6.12. The summed E-state index contributed by atoms with van der Waals surface area (Å²) in [5.41, 5.74) is -0.835. The molecule has 0 aromatic heterocycles. The van der Waals surface area contributed by atoms with Crippen LogP contribution in [0.25, 0.3) is 0 Å². The van der Waals surface area contributed by atoms with Gasteiger partial charge in [0.05, 0.1) is 25.4 Å². The summed E-state index contributed by atoms with van der Waals surface area (Å²) in [6.07, 6.45) is -0.329. The van der Waals surface area contributed by atoms with Crippen molar-refractivity contribution in [2.75, 3.05) is 32.9 Å². The number of nitrogens with zero attached hydrogens (tertiary/aromatic N) is 1. The van der Waals surface area contributed by atoms with Gasteiger partial charge in [0.15, 0.2) is 0 Å². The van der Waals surface area contributed by atoms with Gasteiger partial charge in [-0.15, -0.1) is 0 Å². The number of piperidine rings is 1. The van der Waals surface area contributed by atoms with Crippen molar-refractivity contribution in [1.29, 1.82) is 0 Å². The molecule has 2 N–H and O–H groups in total. The molecule has 0 bridgehead atoms. The Morgan fingerprint density at radius 3 is 2.86 bits per heavy atom. The maximum absolute atomic E-state index is 13.3. The first kappa shape index (κ1) is 15.7. The first-order chi connectivity index (χ1) is 10.5. The molecule has 0 amide bonds. The summed E-state index contributed by atoms with van der Waals surface area (Å²) in [7, 11) is 0. The summed E-state index contributed by atoms with van der Waals surface area (Å²) >= 11 is 0. The summed E-state index contributed by atoms with van der Waals surface area (Å²) in [6.45, 7) is 4.07. The van der Waals surface area contributed by atoms with Crippen LogP contribution < -0.4 is 4.74 Å². The number of likely N-dealkylation sites (tertiary alicyclic amines) is 1. The second-order valence-corrected chi connectivity index (χ2v) is 6.27. The Bertz CT molecular complexity index is 537. The highest BCUT2D eigenvalue weighted by Gasteiger charge is 2.44. The third-order valence-corrected chi connectivity index (χ3v) is 4.54. The van der Waals surface area contributed by atoms with E-state index in [2.05, 4.69) is 4.90 Å². The van der Waals surface area contributed by atoms with E-state index in [9.17, 15) is 14.6 Å². The third-order valence-electron chi connectivity index (χ3n) is 4.54. The number of aryl methyl sites for hydroxylation is 1. The molecule has 2 fully saturated rings. The van der Waals surface area contributed by atoms with Crippen molar-refractivity contribution < 1.29 is 24.1 Å². The number of benzene rings is 1. The van der Waals surface area contributed by atoms with Crippen LogP contribution in [0, 0.1) is 12.7 Å². The third kappa shape index (κ3) is 3.10. The summed E-state index contributed by atoms with van der Waals surface area (Å²) in [5.74, 6) is 0.198. The molecule has 0 radical (unpaired) electrons. The second-order valence-electron chi connectivity index (χ2n) is 6.27. The molecule has 5 nitrogen and oxygen atoms in total. The number of β-amino-alcohol motifs (C(OH)–C–C–N with tert-alkyl or cyclic N) is 1. The van der Waals surface area contributed by atoms with Crippen LogP contribution in [0.5, 0.6) is 5.75 Å². The van der Waals surface area contributed by atoms with Gasteiger partial charge in [-0.3, -0.25) is 4.90 Å². The van der Waals surface area contributed by atoms with Crippen molar-refractivity contribution in [3.63, 3.8) is 0 Å². The van der Waals surface area contributed by atoms with Gasteiger partial charge >= 0.3 is 0 Å². The Balaban J connectivity index is 1.64. The van der Waals surface area contributed by atoms with Crippen LogP contribution in [0.4, 0.5) is 4.39 Å². The van der Waals surface area contributed by atoms with Crippen LogP contribution in [0.2, 0.25) is 0 Å². The number of ether oxygens (including phenoxy) is 2. The molecule has 2 aliphatic heterocycles. The van der Waals surface area contributed by atoms with Crippen LogP contribution in [-0.2, 0) is 4.74 Å². The van der Waals surface area contributed by atoms with Crippen molar-refractivity contribution in [2.24, 2.45) is 0 Å². The predicted octanol–water partition coefficient (Wildman–Crippen LogP) is 0.709. The number of hydrogen-bond acceptors (Lipinski definition) is 5. The average Bonchev–Trinajstić information content (AvgIpc) is 2.43. The van der Waals surface area contributed by atoms with Gasteiger partial charge in [0.1, 0.15) is 23.8 Å². The SMILES string of the molecule is Cc1cc(OC[C@@]2(O)CN(C3COC3)CC[C@@H]2O)ccc1F. The van der Waals surface area contributed by atoms with Gasteiger partial charge in [0.2, 0.25) is 0 Å². The fraction of sp³-hybridized carbons (Fsp3) is 0.625. The molecule has 0 saturated carbocycles. The van der Waals surface area contributed by atoms with Gasteiger partial charge in [-0.1, -0.05) is 0 Å². The maximum Gasteiger partial charge on any atom is 0.137 e. The molecule has 3 rings (SSSR count). The molecule has 2 heterocycles. The molecule has 2 atom stereocenters. The minimum Gasteiger partial charge on any atom is -0.490 e. The largest absolute Gasteiger partial charge is 0.490 e. The molecule has 0 unspecified atom stereocenters. The van der Waals surface area contributed by atoms with Crippen LogP contribution in [0.1, 0.15) is 12.0 Å². The van der Waals surface area contributed by atoms with Gasteiger partial charge in [-0.2, -0.15) is 0 Å². The fourth-order valence-corrected chi connectivity index (χ4v) is 2.90. The van der Waals surface area contributed by atoms with E-state index in [1.807, 2.05) is 0 Å². The molecule has 0 spiro atoms. The summed E-state index contributed by atoms with van der Waals surface area (Å²) in [4.78, 5) is 2.13. The van der Waals surface area contributed by atoms with Gasteiger partial charge in [0, 0.05) is 13.1 Å². The van der Waals surface area contributed by atoms with Crippen LogP contribution in [0.3, 0.4) is 0 Å². The lowest BCUT2D eigenvalue weighted by molar-refractivity contribution is -0.167. The zero-order valence-corrected chi connectivity index (χ0v) is 12.7. The maximum atomic E-state index is 13.3. The lowest BCUT2D eigenvalue weighted by Crippen LogP contribution is -2.64. The Hall–Kier alpha value is -1.21. The van der Waals surface area contributed by atoms with Crippen molar-refractivity contribution >= 4 is 0 Å². The molecule has 2 aliphatic rings. The number of halogens is 1. The van der Waals surface area contributed by atoms with Gasteiger partial charge in [0.25, 0.3) is 0 Å². The van der Waals surface area contributed by atoms with E-state index >= 15 is 0 Å². The predicted molar refractivity (Wildman–Crippen MR) is 78.4 cm³/mol. The van der Waals surface area contributed by atoms with Gasteiger partial charge in [-0.05, 0) is 37.1 Å². The molecule has 2 saturated heterocycles. The minimum absolute atomic E-state index is 0.0245. The fourth-order valence-electron chi connectivity index (χ4n) is 2.90. The van der Waals surface area contributed by atoms with E-state index in [1.165, 1.54) is 12.1 Å². The quantitative estimate of drug-likeness (QED) is 0.857. The molecule has 122 valence electrons. The molecular weight excluding hydrogens is 289 g/mol. The van der Waals surface area contributed by atoms with Gasteiger partial charge in [-0.25, -0.2) is 4.39 Å². The van der Waals surface area contributed by atoms with E-state index in [0.29, 0.717) is 43.5 Å². The Kier molecular flexibility index (Phi) is 4.36. The van der Waals surface area contributed by atoms with E-state index < -0.39 is 11.7 Å². The van der Waals surface area contributed by atoms with E-state index in [1.54, 1.807) is 13.0 Å². The molecular formula is C16H22FNO4. The van der Waals surface area contributed by atoms with E-state index in [4.69, 9.17) is 9.47 Å². The van der Waals surface area contributed by atoms with Crippen molar-refractivity contribution in [2.45, 2.75) is 31.1 Å². The normalized spacial score (nSPS) is 30.1. The van der Waals surface area contributed by atoms with Crippen LogP contribution in [-0.4, -0.2) is 65.8 Å². The summed E-state index contributed by atoms with van der Waals surface area (Å²) in [5, 5.41) is 20.9. The first-order valence-electron chi connectivity index (χ1n) is 7.59. The topological polar surface area (TPSA) is 62.2 Å². The van der Waals surface area contributed by atoms with Crippen molar-refractivity contribution in [1.82, 2.24) is 4.90 Å². The highest BCUT2D eigenvalue weighted by Crippen LogP contribution is 2.27. The standard InChI is InChI=1S/C16H22FNO4/c1-11-6-13(2-3-14(11)17)22-10-16(20)9-18(5-4-15(16)19)12-7-21-8-12/h2-3,6,12,15,19-20H,4-5,7-10H2,1H3/t15-,16-/m0/s1. The van der Waals surface area contributed by atoms with Crippen LogP contribution in [0.15, 0.2) is 18.2 Å². The van der Waals surface area contributed by atoms with Crippen molar-refractivity contribution in [3.05, 3.63) is 29.6 Å². The smallest absolute Gasteiger partial charge is 0.137 e. The highest BCUT2D eigenvalue weighted by atomic mass is 19.1. The lowest BCUT2D eigenvalue weighted by Gasteiger charge is -2.47. The molecule has 1 aromatic carbocycles. The zero-order chi connectivity index (χ0) is 15.7. The summed E-state index contributed by atoms with van der Waals surface area (Å²) < 4.78 is 24.0. The zero-order valence-electron chi connectivity index (χ0n) is 12.7. The lowest BCUT2D eigenvalue weighted by atomic mass is 9.89. The molecule has 6 heteroatoms. The number of aliphatic hydroxyl groups excluding tert-OH is 1. The Morgan fingerprint density at radius 2 is 2.23 bits per heavy atom. The Labute approximate surface area is 129 Å². The van der Waals surface area contributed by atoms with Crippen LogP contribution >= 0.6 is 0 Å². The average molecular weight is 311 g/mol. The highest BCUT2D eigenvalue weighted by molar-refractivity contribution is 5.29. The number of aliphatic hydroxyl groups is 2. The molecule has 22 heavy (non-hydrogen) atoms. The Morgan fingerprint density at radius 1 is 1.45 bits per heavy atom. The molecule has 1 aromatic rings. The van der Waals surface area contributed by atoms with Crippen molar-refractivity contribution in [3.8, 4) is 5.75 Å². The first-order valence-corrected chi connectivity index (χ1v) is 7.59. The number of hydrogen-bond donors (Lipinski definition) is 2. The monoisotopic (exact) mass is 311 g/mol.